The summed E-state index contributed by atoms with van der Waals surface area (Å²) in [4.78, 5) is 3.59. The zero-order valence-electron chi connectivity index (χ0n) is 6.27. The van der Waals surface area contributed by atoms with Crippen molar-refractivity contribution in [1.82, 2.24) is 4.98 Å². The molecule has 0 unspecified atom stereocenters. The highest BCUT2D eigenvalue weighted by atomic mass is 127. The van der Waals surface area contributed by atoms with Crippen LogP contribution in [0.2, 0.25) is 0 Å². The van der Waals surface area contributed by atoms with Crippen LogP contribution in [0.4, 0.5) is 13.2 Å². The van der Waals surface area contributed by atoms with Crippen molar-refractivity contribution in [3.63, 3.8) is 0 Å². The van der Waals surface area contributed by atoms with E-state index in [9.17, 15) is 13.2 Å². The molecule has 1 aromatic heterocycles. The number of alkyl halides is 2. The van der Waals surface area contributed by atoms with Gasteiger partial charge in [-0.15, -0.1) is 0 Å². The fourth-order valence-corrected chi connectivity index (χ4v) is 1.62. The van der Waals surface area contributed by atoms with Gasteiger partial charge in [0.1, 0.15) is 9.52 Å². The van der Waals surface area contributed by atoms with Crippen molar-refractivity contribution in [2.75, 3.05) is 0 Å². The van der Waals surface area contributed by atoms with Gasteiger partial charge in [0.15, 0.2) is 0 Å². The zero-order valence-corrected chi connectivity index (χ0v) is 8.43. The van der Waals surface area contributed by atoms with Crippen molar-refractivity contribution in [3.05, 3.63) is 26.8 Å². The first-order chi connectivity index (χ1) is 6.06. The number of hydrogen-bond donors (Lipinski definition) is 1. The molecular weight excluding hydrogens is 298 g/mol. The molecule has 0 aromatic carbocycles. The molecule has 0 saturated carbocycles. The second-order valence-electron chi connectivity index (χ2n) is 2.26. The van der Waals surface area contributed by atoms with E-state index in [0.29, 0.717) is 0 Å². The minimum atomic E-state index is -2.88. The number of nitrogens with zero attached hydrogens (tertiary/aromatic N) is 1. The number of aromatic nitrogens is 1. The van der Waals surface area contributed by atoms with Crippen LogP contribution in [0.5, 0.6) is 0 Å². The molecule has 1 rings (SSSR count). The first kappa shape index (κ1) is 10.7. The molecule has 0 amide bonds. The maximum Gasteiger partial charge on any atom is 0.269 e. The van der Waals surface area contributed by atoms with E-state index in [0.717, 1.165) is 6.07 Å². The third-order valence-corrected chi connectivity index (χ3v) is 2.22. The summed E-state index contributed by atoms with van der Waals surface area (Å²) in [6.45, 7) is -0.462. The van der Waals surface area contributed by atoms with Crippen molar-refractivity contribution >= 4 is 22.6 Å². The summed E-state index contributed by atoms with van der Waals surface area (Å²) < 4.78 is 37.2. The predicted molar refractivity (Wildman–Crippen MR) is 47.8 cm³/mol. The molecule has 2 nitrogen and oxygen atoms in total. The molecule has 1 N–H and O–H groups in total. The lowest BCUT2D eigenvalue weighted by atomic mass is 10.2. The lowest BCUT2D eigenvalue weighted by molar-refractivity contribution is 0.144. The Kier molecular flexibility index (Phi) is 3.48. The standard InChI is InChI=1S/C7H5F3INO/c8-4-1-3(2-13)12-7(11)5(4)6(9)10/h1,6,13H,2H2. The van der Waals surface area contributed by atoms with Crippen LogP contribution in [0.25, 0.3) is 0 Å². The van der Waals surface area contributed by atoms with Gasteiger partial charge >= 0.3 is 0 Å². The molecule has 0 saturated heterocycles. The maximum atomic E-state index is 12.9. The van der Waals surface area contributed by atoms with Crippen LogP contribution in [0, 0.1) is 9.52 Å². The monoisotopic (exact) mass is 303 g/mol. The van der Waals surface area contributed by atoms with Crippen molar-refractivity contribution in [1.29, 1.82) is 0 Å². The Labute approximate surface area is 85.9 Å². The van der Waals surface area contributed by atoms with E-state index in [1.54, 1.807) is 0 Å². The molecule has 1 heterocycles. The lowest BCUT2D eigenvalue weighted by Gasteiger charge is -2.05. The Bertz CT molecular complexity index is 296. The van der Waals surface area contributed by atoms with Crippen molar-refractivity contribution in [2.24, 2.45) is 0 Å². The number of halogens is 4. The minimum Gasteiger partial charge on any atom is -0.390 e. The van der Waals surface area contributed by atoms with E-state index in [2.05, 4.69) is 4.98 Å². The first-order valence-corrected chi connectivity index (χ1v) is 4.38. The fraction of sp³-hybridized carbons (Fsp3) is 0.286. The SMILES string of the molecule is OCc1cc(F)c(C(F)F)c(I)n1. The topological polar surface area (TPSA) is 33.1 Å². The third-order valence-electron chi connectivity index (χ3n) is 1.39. The molecule has 0 aliphatic rings. The number of pyridine rings is 1. The van der Waals surface area contributed by atoms with E-state index in [1.165, 1.54) is 22.6 Å². The van der Waals surface area contributed by atoms with Gasteiger partial charge < -0.3 is 5.11 Å². The molecule has 1 aromatic rings. The van der Waals surface area contributed by atoms with Gasteiger partial charge in [0, 0.05) is 0 Å². The Morgan fingerprint density at radius 1 is 1.54 bits per heavy atom. The van der Waals surface area contributed by atoms with Crippen LogP contribution in [0.1, 0.15) is 17.7 Å². The molecule has 72 valence electrons. The van der Waals surface area contributed by atoms with Gasteiger partial charge in [-0.25, -0.2) is 18.2 Å². The van der Waals surface area contributed by atoms with Crippen LogP contribution < -0.4 is 0 Å². The first-order valence-electron chi connectivity index (χ1n) is 3.30. The van der Waals surface area contributed by atoms with E-state index in [1.807, 2.05) is 0 Å². The molecule has 0 aliphatic carbocycles. The smallest absolute Gasteiger partial charge is 0.269 e. The number of aliphatic hydroxyl groups excluding tert-OH is 1. The van der Waals surface area contributed by atoms with Gasteiger partial charge in [0.05, 0.1) is 17.9 Å². The van der Waals surface area contributed by atoms with Gasteiger partial charge in [0.25, 0.3) is 6.43 Å². The maximum absolute atomic E-state index is 12.9. The highest BCUT2D eigenvalue weighted by molar-refractivity contribution is 14.1. The van der Waals surface area contributed by atoms with Gasteiger partial charge in [-0.2, -0.15) is 0 Å². The largest absolute Gasteiger partial charge is 0.390 e. The number of hydrogen-bond acceptors (Lipinski definition) is 2. The summed E-state index contributed by atoms with van der Waals surface area (Å²) in [7, 11) is 0. The molecule has 0 atom stereocenters. The predicted octanol–water partition coefficient (Wildman–Crippen LogP) is 2.26. The van der Waals surface area contributed by atoms with Gasteiger partial charge in [-0.05, 0) is 28.7 Å². The van der Waals surface area contributed by atoms with E-state index in [4.69, 9.17) is 5.11 Å². The lowest BCUT2D eigenvalue weighted by Crippen LogP contribution is -2.02. The quantitative estimate of drug-likeness (QED) is 0.671. The summed E-state index contributed by atoms with van der Waals surface area (Å²) in [5, 5.41) is 8.60. The molecule has 0 spiro atoms. The third kappa shape index (κ3) is 2.31. The Balaban J connectivity index is 3.23. The summed E-state index contributed by atoms with van der Waals surface area (Å²) in [6, 6.07) is 0.809. The van der Waals surface area contributed by atoms with Crippen molar-refractivity contribution in [2.45, 2.75) is 13.0 Å². The van der Waals surface area contributed by atoms with Crippen LogP contribution in [0.3, 0.4) is 0 Å². The normalized spacial score (nSPS) is 10.9. The highest BCUT2D eigenvalue weighted by Gasteiger charge is 2.19. The Morgan fingerprint density at radius 3 is 2.54 bits per heavy atom. The van der Waals surface area contributed by atoms with Gasteiger partial charge in [0.2, 0.25) is 0 Å². The van der Waals surface area contributed by atoms with E-state index >= 15 is 0 Å². The van der Waals surface area contributed by atoms with Gasteiger partial charge in [-0.1, -0.05) is 0 Å². The minimum absolute atomic E-state index is 0.0475. The molecule has 13 heavy (non-hydrogen) atoms. The Hall–Kier alpha value is -0.370. The molecule has 0 aliphatic heterocycles. The van der Waals surface area contributed by atoms with Crippen molar-refractivity contribution in [3.8, 4) is 0 Å². The molecule has 0 radical (unpaired) electrons. The van der Waals surface area contributed by atoms with E-state index in [-0.39, 0.29) is 9.39 Å². The van der Waals surface area contributed by atoms with Crippen LogP contribution in [-0.2, 0) is 6.61 Å². The van der Waals surface area contributed by atoms with Gasteiger partial charge in [-0.3, -0.25) is 0 Å². The summed E-state index contributed by atoms with van der Waals surface area (Å²) >= 11 is 1.51. The van der Waals surface area contributed by atoms with E-state index < -0.39 is 24.4 Å². The zero-order chi connectivity index (χ0) is 10.0. The Morgan fingerprint density at radius 2 is 2.15 bits per heavy atom. The summed E-state index contributed by atoms with van der Waals surface area (Å²) in [5.41, 5.74) is -0.663. The second-order valence-corrected chi connectivity index (χ2v) is 3.28. The summed E-state index contributed by atoms with van der Waals surface area (Å²) in [5.74, 6) is -1.03. The molecular formula is C7H5F3INO. The van der Waals surface area contributed by atoms with Crippen LogP contribution in [0.15, 0.2) is 6.07 Å². The average Bonchev–Trinajstić information content (AvgIpc) is 2.02. The highest BCUT2D eigenvalue weighted by Crippen LogP contribution is 2.26. The van der Waals surface area contributed by atoms with Crippen LogP contribution >= 0.6 is 22.6 Å². The second kappa shape index (κ2) is 4.23. The average molecular weight is 303 g/mol. The number of aliphatic hydroxyl groups is 1. The fourth-order valence-electron chi connectivity index (χ4n) is 0.816. The summed E-state index contributed by atoms with van der Waals surface area (Å²) in [6.07, 6.45) is -2.88. The molecule has 0 bridgehead atoms. The van der Waals surface area contributed by atoms with Crippen molar-refractivity contribution < 1.29 is 18.3 Å². The number of rotatable bonds is 2. The molecule has 6 heteroatoms. The molecule has 0 fully saturated rings. The van der Waals surface area contributed by atoms with Crippen LogP contribution in [-0.4, -0.2) is 10.1 Å².